The molecule has 0 amide bonds. The molecular weight excluding hydrogens is 244 g/mol. The number of hydrogen-bond acceptors (Lipinski definition) is 4. The van der Waals surface area contributed by atoms with Crippen LogP contribution in [0.25, 0.3) is 0 Å². The van der Waals surface area contributed by atoms with Gasteiger partial charge in [0.1, 0.15) is 0 Å². The number of esters is 2. The molecule has 0 unspecified atom stereocenters. The summed E-state index contributed by atoms with van der Waals surface area (Å²) in [5.41, 5.74) is 0.440. The van der Waals surface area contributed by atoms with Crippen LogP contribution in [-0.4, -0.2) is 18.2 Å². The summed E-state index contributed by atoms with van der Waals surface area (Å²) in [5.74, 6) is -0.436. The van der Waals surface area contributed by atoms with Crippen molar-refractivity contribution >= 4 is 11.9 Å². The Morgan fingerprint density at radius 3 is 1.89 bits per heavy atom. The van der Waals surface area contributed by atoms with Crippen LogP contribution in [0.3, 0.4) is 0 Å². The van der Waals surface area contributed by atoms with Crippen LogP contribution in [0.2, 0.25) is 0 Å². The lowest BCUT2D eigenvalue weighted by atomic mass is 9.67. The van der Waals surface area contributed by atoms with Crippen molar-refractivity contribution in [3.8, 4) is 0 Å². The van der Waals surface area contributed by atoms with Crippen LogP contribution < -0.4 is 0 Å². The number of ether oxygens (including phenoxy) is 2. The third-order valence-electron chi connectivity index (χ3n) is 5.00. The first kappa shape index (κ1) is 14.4. The van der Waals surface area contributed by atoms with Gasteiger partial charge in [-0.2, -0.15) is 0 Å². The normalized spacial score (nSPS) is 25.6. The molecule has 1 heterocycles. The molecule has 108 valence electrons. The summed E-state index contributed by atoms with van der Waals surface area (Å²) < 4.78 is 10.5. The molecule has 1 saturated carbocycles. The predicted octanol–water partition coefficient (Wildman–Crippen LogP) is 3.19. The van der Waals surface area contributed by atoms with Gasteiger partial charge < -0.3 is 9.47 Å². The van der Waals surface area contributed by atoms with E-state index in [9.17, 15) is 9.59 Å². The molecule has 0 aromatic heterocycles. The van der Waals surface area contributed by atoms with Crippen molar-refractivity contribution in [1.82, 2.24) is 0 Å². The molecule has 2 fully saturated rings. The molecule has 0 bridgehead atoms. The van der Waals surface area contributed by atoms with E-state index >= 15 is 0 Å². The number of rotatable bonds is 3. The van der Waals surface area contributed by atoms with Crippen molar-refractivity contribution in [2.24, 2.45) is 11.3 Å². The zero-order valence-electron chi connectivity index (χ0n) is 11.9. The third-order valence-corrected chi connectivity index (χ3v) is 5.00. The number of carbonyl (C=O) groups is 2. The van der Waals surface area contributed by atoms with Gasteiger partial charge in [-0.3, -0.25) is 9.59 Å². The van der Waals surface area contributed by atoms with Crippen molar-refractivity contribution in [3.05, 3.63) is 0 Å². The quantitative estimate of drug-likeness (QED) is 0.738. The highest BCUT2D eigenvalue weighted by Crippen LogP contribution is 2.45. The maximum absolute atomic E-state index is 11.5. The van der Waals surface area contributed by atoms with Crippen LogP contribution in [0.1, 0.15) is 65.2 Å². The van der Waals surface area contributed by atoms with E-state index in [0.29, 0.717) is 5.41 Å². The van der Waals surface area contributed by atoms with Crippen molar-refractivity contribution in [1.29, 1.82) is 0 Å². The zero-order valence-corrected chi connectivity index (χ0v) is 11.9. The van der Waals surface area contributed by atoms with Gasteiger partial charge in [0.15, 0.2) is 0 Å². The van der Waals surface area contributed by atoms with E-state index in [-0.39, 0.29) is 30.7 Å². The smallest absolute Gasteiger partial charge is 0.309 e. The minimum absolute atomic E-state index is 0.149. The Labute approximate surface area is 114 Å². The van der Waals surface area contributed by atoms with Gasteiger partial charge in [0.2, 0.25) is 6.29 Å². The molecule has 0 radical (unpaired) electrons. The van der Waals surface area contributed by atoms with Crippen molar-refractivity contribution < 1.29 is 19.1 Å². The summed E-state index contributed by atoms with van der Waals surface area (Å²) >= 11 is 0. The Kier molecular flexibility index (Phi) is 4.48. The van der Waals surface area contributed by atoms with E-state index in [2.05, 4.69) is 13.8 Å². The van der Waals surface area contributed by atoms with Gasteiger partial charge in [-0.15, -0.1) is 0 Å². The summed E-state index contributed by atoms with van der Waals surface area (Å²) in [5, 5.41) is 0. The topological polar surface area (TPSA) is 52.6 Å². The first-order valence-corrected chi connectivity index (χ1v) is 7.47. The van der Waals surface area contributed by atoms with Crippen LogP contribution in [0.4, 0.5) is 0 Å². The molecule has 4 nitrogen and oxygen atoms in total. The van der Waals surface area contributed by atoms with Gasteiger partial charge in [0, 0.05) is 5.92 Å². The lowest BCUT2D eigenvalue weighted by Crippen LogP contribution is -2.35. The van der Waals surface area contributed by atoms with Crippen LogP contribution in [0.5, 0.6) is 0 Å². The Morgan fingerprint density at radius 2 is 1.47 bits per heavy atom. The fraction of sp³-hybridized carbons (Fsp3) is 0.867. The van der Waals surface area contributed by atoms with E-state index in [4.69, 9.17) is 9.47 Å². The molecular formula is C15H24O4. The summed E-state index contributed by atoms with van der Waals surface area (Å²) in [7, 11) is 0. The molecule has 0 atom stereocenters. The second kappa shape index (κ2) is 5.93. The lowest BCUT2D eigenvalue weighted by Gasteiger charge is -2.40. The van der Waals surface area contributed by atoms with E-state index in [1.807, 2.05) is 0 Å². The summed E-state index contributed by atoms with van der Waals surface area (Å²) in [4.78, 5) is 22.9. The van der Waals surface area contributed by atoms with Gasteiger partial charge in [0.25, 0.3) is 0 Å². The van der Waals surface area contributed by atoms with Gasteiger partial charge in [-0.25, -0.2) is 0 Å². The Bertz CT molecular complexity index is 318. The van der Waals surface area contributed by atoms with Crippen molar-refractivity contribution in [2.45, 2.75) is 71.5 Å². The molecule has 1 aliphatic heterocycles. The Balaban J connectivity index is 1.96. The van der Waals surface area contributed by atoms with Gasteiger partial charge in [-0.05, 0) is 31.1 Å². The minimum atomic E-state index is -0.644. The lowest BCUT2D eigenvalue weighted by molar-refractivity contribution is -0.194. The van der Waals surface area contributed by atoms with Crippen LogP contribution in [0.15, 0.2) is 0 Å². The highest BCUT2D eigenvalue weighted by atomic mass is 16.7. The molecule has 0 spiro atoms. The third kappa shape index (κ3) is 3.28. The average Bonchev–Trinajstić information content (AvgIpc) is 2.61. The summed E-state index contributed by atoms with van der Waals surface area (Å²) in [6.07, 6.45) is 6.27. The fourth-order valence-electron chi connectivity index (χ4n) is 3.28. The molecule has 0 aromatic carbocycles. The minimum Gasteiger partial charge on any atom is -0.425 e. The van der Waals surface area contributed by atoms with E-state index in [1.54, 1.807) is 0 Å². The molecule has 0 N–H and O–H groups in total. The first-order chi connectivity index (χ1) is 9.08. The molecule has 2 rings (SSSR count). The van der Waals surface area contributed by atoms with Crippen LogP contribution in [-0.2, 0) is 19.1 Å². The van der Waals surface area contributed by atoms with Gasteiger partial charge in [-0.1, -0.05) is 26.7 Å². The molecule has 2 aliphatic rings. The summed E-state index contributed by atoms with van der Waals surface area (Å²) in [6, 6.07) is 0. The Hall–Kier alpha value is -1.06. The molecule has 19 heavy (non-hydrogen) atoms. The highest BCUT2D eigenvalue weighted by Gasteiger charge is 2.39. The van der Waals surface area contributed by atoms with Gasteiger partial charge in [0.05, 0.1) is 12.8 Å². The monoisotopic (exact) mass is 268 g/mol. The second-order valence-corrected chi connectivity index (χ2v) is 5.89. The highest BCUT2D eigenvalue weighted by molar-refractivity contribution is 5.79. The molecule has 4 heteroatoms. The largest absolute Gasteiger partial charge is 0.425 e. The van der Waals surface area contributed by atoms with E-state index in [1.165, 1.54) is 12.8 Å². The predicted molar refractivity (Wildman–Crippen MR) is 70.2 cm³/mol. The van der Waals surface area contributed by atoms with E-state index in [0.717, 1.165) is 25.7 Å². The molecule has 1 aliphatic carbocycles. The first-order valence-electron chi connectivity index (χ1n) is 7.47. The Morgan fingerprint density at radius 1 is 1.00 bits per heavy atom. The van der Waals surface area contributed by atoms with Crippen LogP contribution in [0, 0.1) is 11.3 Å². The maximum Gasteiger partial charge on any atom is 0.309 e. The SMILES string of the molecule is CCC1(CC)CCC(C2OC(=O)CCC(=O)O2)CC1. The molecule has 1 saturated heterocycles. The van der Waals surface area contributed by atoms with Gasteiger partial charge >= 0.3 is 11.9 Å². The number of cyclic esters (lactones) is 2. The summed E-state index contributed by atoms with van der Waals surface area (Å²) in [6.45, 7) is 4.49. The van der Waals surface area contributed by atoms with E-state index < -0.39 is 6.29 Å². The number of carbonyl (C=O) groups excluding carboxylic acids is 2. The number of hydrogen-bond donors (Lipinski definition) is 0. The molecule has 0 aromatic rings. The van der Waals surface area contributed by atoms with Crippen LogP contribution >= 0.6 is 0 Å². The fourth-order valence-corrected chi connectivity index (χ4v) is 3.28. The zero-order chi connectivity index (χ0) is 13.9. The van der Waals surface area contributed by atoms with Crippen molar-refractivity contribution in [3.63, 3.8) is 0 Å². The standard InChI is InChI=1S/C15H24O4/c1-3-15(4-2)9-7-11(8-10-15)14-18-12(16)5-6-13(17)19-14/h11,14H,3-10H2,1-2H3. The maximum atomic E-state index is 11.5. The average molecular weight is 268 g/mol. The van der Waals surface area contributed by atoms with Crippen molar-refractivity contribution in [2.75, 3.05) is 0 Å². The second-order valence-electron chi connectivity index (χ2n) is 5.89.